The molecular weight excluding hydrogens is 402 g/mol. The van der Waals surface area contributed by atoms with Crippen molar-refractivity contribution in [2.75, 3.05) is 5.75 Å². The lowest BCUT2D eigenvalue weighted by Crippen LogP contribution is -2.16. The van der Waals surface area contributed by atoms with Gasteiger partial charge >= 0.3 is 0 Å². The van der Waals surface area contributed by atoms with Crippen LogP contribution < -0.4 is 5.56 Å². The Balaban J connectivity index is 2.02. The third-order valence-electron chi connectivity index (χ3n) is 5.26. The van der Waals surface area contributed by atoms with Crippen molar-refractivity contribution in [2.45, 2.75) is 11.8 Å². The molecule has 2 aromatic heterocycles. The Bertz CT molecular complexity index is 1320. The molecule has 0 aliphatic heterocycles. The van der Waals surface area contributed by atoms with E-state index in [1.807, 2.05) is 25.4 Å². The molecule has 0 aliphatic rings. The maximum atomic E-state index is 12.7. The van der Waals surface area contributed by atoms with Crippen LogP contribution in [0.1, 0.15) is 6.92 Å². The van der Waals surface area contributed by atoms with Crippen LogP contribution in [0.4, 0.5) is 0 Å². The summed E-state index contributed by atoms with van der Waals surface area (Å²) in [5.74, 6) is 0.174. The number of pyridine rings is 1. The molecule has 2 heterocycles. The third-order valence-corrected chi connectivity index (χ3v) is 7.07. The van der Waals surface area contributed by atoms with Crippen molar-refractivity contribution in [3.63, 3.8) is 0 Å². The van der Waals surface area contributed by atoms with Gasteiger partial charge in [0.05, 0.1) is 11.1 Å². The van der Waals surface area contributed by atoms with Gasteiger partial charge in [0, 0.05) is 54.3 Å². The van der Waals surface area contributed by atoms with E-state index in [2.05, 4.69) is 5.10 Å². The largest absolute Gasteiger partial charge is 0.507 e. The Morgan fingerprint density at radius 3 is 2.40 bits per heavy atom. The van der Waals surface area contributed by atoms with Gasteiger partial charge < -0.3 is 9.67 Å². The van der Waals surface area contributed by atoms with Crippen LogP contribution in [0.5, 0.6) is 5.75 Å². The second kappa shape index (κ2) is 7.32. The van der Waals surface area contributed by atoms with E-state index >= 15 is 0 Å². The Morgan fingerprint density at radius 1 is 0.967 bits per heavy atom. The summed E-state index contributed by atoms with van der Waals surface area (Å²) in [5.41, 5.74) is 2.70. The van der Waals surface area contributed by atoms with Gasteiger partial charge in [-0.3, -0.25) is 18.6 Å². The molecule has 0 saturated heterocycles. The first-order valence-electron chi connectivity index (χ1n) is 9.43. The number of aryl methyl sites for hydroxylation is 2. The molecule has 0 fully saturated rings. The minimum Gasteiger partial charge on any atom is -0.507 e. The molecule has 156 valence electrons. The summed E-state index contributed by atoms with van der Waals surface area (Å²) in [6, 6.07) is 10.1. The van der Waals surface area contributed by atoms with E-state index < -0.39 is 10.6 Å². The first-order valence-corrected chi connectivity index (χ1v) is 11.1. The van der Waals surface area contributed by atoms with Crippen molar-refractivity contribution in [3.8, 4) is 28.0 Å². The van der Waals surface area contributed by atoms with Crippen LogP contribution in [0.2, 0.25) is 0 Å². The van der Waals surface area contributed by atoms with E-state index in [0.29, 0.717) is 26.8 Å². The van der Waals surface area contributed by atoms with E-state index in [1.165, 1.54) is 16.7 Å². The summed E-state index contributed by atoms with van der Waals surface area (Å²) in [5, 5.41) is 16.0. The van der Waals surface area contributed by atoms with Crippen molar-refractivity contribution < 1.29 is 14.2 Å². The molecule has 4 rings (SSSR count). The average Bonchev–Trinajstić information content (AvgIpc) is 3.17. The van der Waals surface area contributed by atoms with Crippen LogP contribution in [0, 0.1) is 0 Å². The second-order valence-corrected chi connectivity index (χ2v) is 9.64. The summed E-state index contributed by atoms with van der Waals surface area (Å²) in [6.45, 7) is 1.70. The zero-order valence-corrected chi connectivity index (χ0v) is 17.7. The molecule has 0 radical (unpaired) electrons. The number of rotatable bonds is 4. The lowest BCUT2D eigenvalue weighted by molar-refractivity contribution is 0.475. The van der Waals surface area contributed by atoms with Crippen LogP contribution in [-0.4, -0.2) is 34.3 Å². The molecule has 30 heavy (non-hydrogen) atoms. The number of aromatic hydroxyl groups is 1. The fourth-order valence-electron chi connectivity index (χ4n) is 3.53. The molecule has 0 saturated carbocycles. The Kier molecular flexibility index (Phi) is 4.93. The van der Waals surface area contributed by atoms with Crippen LogP contribution in [-0.2, 0) is 14.1 Å². The highest BCUT2D eigenvalue weighted by Gasteiger charge is 2.18. The van der Waals surface area contributed by atoms with Gasteiger partial charge in [-0.1, -0.05) is 6.07 Å². The molecular formula is C22H23N3O4S. The normalized spacial score (nSPS) is 12.4. The maximum absolute atomic E-state index is 12.7. The predicted molar refractivity (Wildman–Crippen MR) is 120 cm³/mol. The van der Waals surface area contributed by atoms with Crippen molar-refractivity contribution in [2.24, 2.45) is 14.1 Å². The molecule has 0 aliphatic carbocycles. The van der Waals surface area contributed by atoms with Crippen LogP contribution >= 0.6 is 10.6 Å². The monoisotopic (exact) mass is 425 g/mol. The molecule has 0 spiro atoms. The second-order valence-electron chi connectivity index (χ2n) is 7.26. The smallest absolute Gasteiger partial charge is 0.258 e. The lowest BCUT2D eigenvalue weighted by atomic mass is 9.97. The average molecular weight is 426 g/mol. The van der Waals surface area contributed by atoms with E-state index in [1.54, 1.807) is 43.2 Å². The standard InChI is InChI=1S/C22H23N3O4S/c1-4-30(28,29)16-6-8-21(26)19(10-16)20-13-24(2)22(27)17-7-5-14(9-18(17)20)15-11-23-25(3)12-15/h5-13,26,28-29H,4H2,1-3H3. The van der Waals surface area contributed by atoms with Crippen molar-refractivity contribution in [1.29, 1.82) is 0 Å². The molecule has 4 aromatic rings. The molecule has 8 heteroatoms. The Morgan fingerprint density at radius 2 is 1.73 bits per heavy atom. The van der Waals surface area contributed by atoms with Gasteiger partial charge in [0.25, 0.3) is 5.56 Å². The number of phenolic OH excluding ortho intramolecular Hbond substituents is 1. The topological polar surface area (TPSA) is 101 Å². The molecule has 0 atom stereocenters. The van der Waals surface area contributed by atoms with Crippen LogP contribution in [0.25, 0.3) is 33.0 Å². The van der Waals surface area contributed by atoms with Gasteiger partial charge in [-0.05, 0) is 48.2 Å². The zero-order chi connectivity index (χ0) is 21.6. The number of hydrogen-bond acceptors (Lipinski definition) is 5. The summed E-state index contributed by atoms with van der Waals surface area (Å²) >= 11 is 0. The van der Waals surface area contributed by atoms with Gasteiger partial charge in [0.15, 0.2) is 0 Å². The summed E-state index contributed by atoms with van der Waals surface area (Å²) in [4.78, 5) is 13.1. The molecule has 3 N–H and O–H groups in total. The van der Waals surface area contributed by atoms with E-state index in [0.717, 1.165) is 11.1 Å². The summed E-state index contributed by atoms with van der Waals surface area (Å²) in [6.07, 6.45) is 5.29. The number of aromatic nitrogens is 3. The fourth-order valence-corrected chi connectivity index (χ4v) is 4.46. The molecule has 7 nitrogen and oxygen atoms in total. The number of benzene rings is 2. The van der Waals surface area contributed by atoms with E-state index in [4.69, 9.17) is 0 Å². The van der Waals surface area contributed by atoms with Gasteiger partial charge in [0.2, 0.25) is 0 Å². The highest BCUT2D eigenvalue weighted by Crippen LogP contribution is 2.50. The molecule has 0 bridgehead atoms. The lowest BCUT2D eigenvalue weighted by Gasteiger charge is -2.31. The summed E-state index contributed by atoms with van der Waals surface area (Å²) in [7, 11) is 0.532. The van der Waals surface area contributed by atoms with E-state index in [9.17, 15) is 19.0 Å². The third kappa shape index (κ3) is 3.39. The molecule has 0 amide bonds. The van der Waals surface area contributed by atoms with Crippen molar-refractivity contribution in [1.82, 2.24) is 14.3 Å². The predicted octanol–water partition coefficient (Wildman–Crippen LogP) is 4.44. The number of hydrogen-bond donors (Lipinski definition) is 3. The molecule has 0 unspecified atom stereocenters. The quantitative estimate of drug-likeness (QED) is 0.449. The van der Waals surface area contributed by atoms with Gasteiger partial charge in [-0.25, -0.2) is 0 Å². The van der Waals surface area contributed by atoms with Gasteiger partial charge in [-0.15, -0.1) is 0 Å². The minimum atomic E-state index is -2.96. The zero-order valence-electron chi connectivity index (χ0n) is 16.9. The van der Waals surface area contributed by atoms with E-state index in [-0.39, 0.29) is 17.1 Å². The first-order chi connectivity index (χ1) is 14.2. The number of phenols is 1. The Labute approximate surface area is 175 Å². The fraction of sp³-hybridized carbons (Fsp3) is 0.182. The van der Waals surface area contributed by atoms with Crippen LogP contribution in [0.3, 0.4) is 0 Å². The first kappa shape index (κ1) is 20.2. The van der Waals surface area contributed by atoms with Crippen molar-refractivity contribution >= 4 is 21.4 Å². The van der Waals surface area contributed by atoms with Crippen LogP contribution in [0.15, 0.2) is 64.7 Å². The summed E-state index contributed by atoms with van der Waals surface area (Å²) < 4.78 is 23.9. The SMILES string of the molecule is CCS(O)(O)c1ccc(O)c(-c2cn(C)c(=O)c3ccc(-c4cnn(C)c4)cc23)c1. The number of fused-ring (bicyclic) bond motifs is 1. The maximum Gasteiger partial charge on any atom is 0.258 e. The Hall–Kier alpha value is -3.07. The van der Waals surface area contributed by atoms with Crippen molar-refractivity contribution in [3.05, 3.63) is 65.3 Å². The highest BCUT2D eigenvalue weighted by molar-refractivity contribution is 8.24. The molecule has 2 aromatic carbocycles. The highest BCUT2D eigenvalue weighted by atomic mass is 32.3. The van der Waals surface area contributed by atoms with Gasteiger partial charge in [0.1, 0.15) is 5.75 Å². The minimum absolute atomic E-state index is 0.00298. The van der Waals surface area contributed by atoms with Gasteiger partial charge in [-0.2, -0.15) is 15.7 Å². The number of nitrogens with zero attached hydrogens (tertiary/aromatic N) is 3.